The Hall–Kier alpha value is -3.53. The van der Waals surface area contributed by atoms with Crippen molar-refractivity contribution in [1.29, 1.82) is 0 Å². The summed E-state index contributed by atoms with van der Waals surface area (Å²) in [4.78, 5) is 13.4. The number of aromatic nitrogens is 1. The van der Waals surface area contributed by atoms with Crippen LogP contribution in [0.4, 0.5) is 11.4 Å². The normalized spacial score (nSPS) is 11.0. The van der Waals surface area contributed by atoms with Crippen LogP contribution in [0.25, 0.3) is 10.9 Å². The van der Waals surface area contributed by atoms with E-state index in [1.54, 1.807) is 0 Å². The fourth-order valence-electron chi connectivity index (χ4n) is 3.70. The monoisotopic (exact) mass is 384 g/mol. The second-order valence-corrected chi connectivity index (χ2v) is 7.43. The maximum absolute atomic E-state index is 11.2. The second kappa shape index (κ2) is 7.84. The number of anilines is 2. The first-order chi connectivity index (χ1) is 14.0. The number of aliphatic carboxylic acids is 1. The Bertz CT molecular complexity index is 1140. The first kappa shape index (κ1) is 18.8. The lowest BCUT2D eigenvalue weighted by Gasteiger charge is -2.20. The summed E-state index contributed by atoms with van der Waals surface area (Å²) in [6.07, 6.45) is 2.00. The highest BCUT2D eigenvalue weighted by Crippen LogP contribution is 2.26. The van der Waals surface area contributed by atoms with Crippen LogP contribution in [0, 0.1) is 6.92 Å². The molecule has 4 heteroatoms. The van der Waals surface area contributed by atoms with Crippen molar-refractivity contribution in [3.05, 3.63) is 95.7 Å². The number of carboxylic acids is 1. The van der Waals surface area contributed by atoms with Crippen LogP contribution in [0.5, 0.6) is 0 Å². The first-order valence-electron chi connectivity index (χ1n) is 9.69. The summed E-state index contributed by atoms with van der Waals surface area (Å²) in [5.41, 5.74) is 6.61. The Morgan fingerprint density at radius 3 is 2.21 bits per heavy atom. The lowest BCUT2D eigenvalue weighted by molar-refractivity contribution is -0.136. The number of carboxylic acid groups (broad SMARTS) is 1. The van der Waals surface area contributed by atoms with E-state index in [1.165, 1.54) is 11.1 Å². The molecule has 0 aliphatic heterocycles. The molecule has 0 atom stereocenters. The molecule has 0 saturated heterocycles. The van der Waals surface area contributed by atoms with Gasteiger partial charge in [0.15, 0.2) is 0 Å². The number of hydrogen-bond donors (Lipinski definition) is 1. The smallest absolute Gasteiger partial charge is 0.307 e. The number of hydrogen-bond acceptors (Lipinski definition) is 2. The number of benzene rings is 3. The van der Waals surface area contributed by atoms with Crippen LogP contribution in [0.1, 0.15) is 16.7 Å². The zero-order valence-corrected chi connectivity index (χ0v) is 16.7. The van der Waals surface area contributed by atoms with Gasteiger partial charge in [0.1, 0.15) is 0 Å². The number of aryl methyl sites for hydroxylation is 1. The highest BCUT2D eigenvalue weighted by molar-refractivity contribution is 5.87. The van der Waals surface area contributed by atoms with Crippen molar-refractivity contribution in [2.45, 2.75) is 19.9 Å². The van der Waals surface area contributed by atoms with E-state index in [-0.39, 0.29) is 6.42 Å². The summed E-state index contributed by atoms with van der Waals surface area (Å²) in [6, 6.07) is 25.0. The molecule has 0 unspecified atom stereocenters. The zero-order chi connectivity index (χ0) is 20.4. The van der Waals surface area contributed by atoms with Gasteiger partial charge in [-0.2, -0.15) is 0 Å². The summed E-state index contributed by atoms with van der Waals surface area (Å²) in [5.74, 6) is -0.809. The predicted molar refractivity (Wildman–Crippen MR) is 118 cm³/mol. The van der Waals surface area contributed by atoms with E-state index in [2.05, 4.69) is 72.0 Å². The van der Waals surface area contributed by atoms with E-state index in [1.807, 2.05) is 30.5 Å². The lowest BCUT2D eigenvalue weighted by atomic mass is 10.1. The predicted octanol–water partition coefficient (Wildman–Crippen LogP) is 5.39. The van der Waals surface area contributed by atoms with Gasteiger partial charge in [0.05, 0.1) is 6.42 Å². The molecule has 0 spiro atoms. The molecule has 0 saturated carbocycles. The minimum Gasteiger partial charge on any atom is -0.481 e. The molecule has 4 nitrogen and oxygen atoms in total. The fourth-order valence-corrected chi connectivity index (χ4v) is 3.70. The van der Waals surface area contributed by atoms with Gasteiger partial charge in [0, 0.05) is 42.1 Å². The molecule has 1 heterocycles. The van der Waals surface area contributed by atoms with Gasteiger partial charge < -0.3 is 14.6 Å². The van der Waals surface area contributed by atoms with Crippen LogP contribution in [-0.4, -0.2) is 22.7 Å². The maximum Gasteiger partial charge on any atom is 0.307 e. The molecule has 0 bridgehead atoms. The van der Waals surface area contributed by atoms with Crippen molar-refractivity contribution in [3.63, 3.8) is 0 Å². The maximum atomic E-state index is 11.2. The Balaban J connectivity index is 1.58. The first-order valence-corrected chi connectivity index (χ1v) is 9.69. The highest BCUT2D eigenvalue weighted by Gasteiger charge is 2.11. The summed E-state index contributed by atoms with van der Waals surface area (Å²) in [5, 5.41) is 10.2. The highest BCUT2D eigenvalue weighted by atomic mass is 16.4. The van der Waals surface area contributed by atoms with E-state index >= 15 is 0 Å². The summed E-state index contributed by atoms with van der Waals surface area (Å²) >= 11 is 0. The molecule has 0 aliphatic rings. The Kier molecular flexibility index (Phi) is 5.09. The molecule has 146 valence electrons. The molecule has 4 aromatic rings. The van der Waals surface area contributed by atoms with Gasteiger partial charge in [-0.3, -0.25) is 4.79 Å². The van der Waals surface area contributed by atoms with E-state index in [0.717, 1.165) is 27.8 Å². The largest absolute Gasteiger partial charge is 0.481 e. The van der Waals surface area contributed by atoms with Gasteiger partial charge in [-0.05, 0) is 48.4 Å². The summed E-state index contributed by atoms with van der Waals surface area (Å²) < 4.78 is 2.13. The molecular formula is C25H24N2O2. The number of fused-ring (bicyclic) bond motifs is 1. The molecule has 29 heavy (non-hydrogen) atoms. The average Bonchev–Trinajstić information content (AvgIpc) is 3.05. The quantitative estimate of drug-likeness (QED) is 0.485. The van der Waals surface area contributed by atoms with Gasteiger partial charge >= 0.3 is 5.97 Å². The number of rotatable bonds is 6. The molecule has 3 aromatic carbocycles. The zero-order valence-electron chi connectivity index (χ0n) is 16.7. The molecule has 0 radical (unpaired) electrons. The van der Waals surface area contributed by atoms with Gasteiger partial charge in [-0.15, -0.1) is 0 Å². The standard InChI is InChI=1S/C25H24N2O2/c1-18-7-11-21(12-8-18)26(2)22-13-9-19(10-14-22)16-27-17-20(15-25(28)29)23-5-3-4-6-24(23)27/h3-14,17H,15-16H2,1-2H3,(H,28,29). The van der Waals surface area contributed by atoms with E-state index < -0.39 is 5.97 Å². The average molecular weight is 384 g/mol. The van der Waals surface area contributed by atoms with Crippen LogP contribution >= 0.6 is 0 Å². The van der Waals surface area contributed by atoms with Crippen LogP contribution in [-0.2, 0) is 17.8 Å². The van der Waals surface area contributed by atoms with E-state index in [9.17, 15) is 9.90 Å². The van der Waals surface area contributed by atoms with Crippen molar-refractivity contribution in [3.8, 4) is 0 Å². The number of para-hydroxylation sites is 1. The number of carbonyl (C=O) groups is 1. The lowest BCUT2D eigenvalue weighted by Crippen LogP contribution is -2.09. The third kappa shape index (κ3) is 4.02. The van der Waals surface area contributed by atoms with Gasteiger partial charge in [-0.1, -0.05) is 48.0 Å². The van der Waals surface area contributed by atoms with Crippen LogP contribution in [0.2, 0.25) is 0 Å². The Morgan fingerprint density at radius 2 is 1.55 bits per heavy atom. The van der Waals surface area contributed by atoms with Crippen molar-refractivity contribution < 1.29 is 9.90 Å². The van der Waals surface area contributed by atoms with Gasteiger partial charge in [-0.25, -0.2) is 0 Å². The minimum atomic E-state index is -0.809. The molecule has 4 rings (SSSR count). The minimum absolute atomic E-state index is 0.0355. The van der Waals surface area contributed by atoms with Crippen molar-refractivity contribution in [2.24, 2.45) is 0 Å². The van der Waals surface area contributed by atoms with Crippen molar-refractivity contribution in [1.82, 2.24) is 4.57 Å². The third-order valence-corrected chi connectivity index (χ3v) is 5.31. The molecule has 0 fully saturated rings. The van der Waals surface area contributed by atoms with Crippen LogP contribution in [0.3, 0.4) is 0 Å². The SMILES string of the molecule is Cc1ccc(N(C)c2ccc(Cn3cc(CC(=O)O)c4ccccc43)cc2)cc1. The molecule has 0 aliphatic carbocycles. The number of nitrogens with zero attached hydrogens (tertiary/aromatic N) is 2. The Labute approximate surface area is 170 Å². The van der Waals surface area contributed by atoms with Crippen molar-refractivity contribution in [2.75, 3.05) is 11.9 Å². The van der Waals surface area contributed by atoms with Crippen LogP contribution in [0.15, 0.2) is 79.0 Å². The van der Waals surface area contributed by atoms with Gasteiger partial charge in [0.25, 0.3) is 0 Å². The third-order valence-electron chi connectivity index (χ3n) is 5.31. The van der Waals surface area contributed by atoms with Crippen LogP contribution < -0.4 is 4.90 Å². The summed E-state index contributed by atoms with van der Waals surface area (Å²) in [7, 11) is 2.07. The van der Waals surface area contributed by atoms with Gasteiger partial charge in [0.2, 0.25) is 0 Å². The molecular weight excluding hydrogens is 360 g/mol. The Morgan fingerprint density at radius 1 is 0.931 bits per heavy atom. The van der Waals surface area contributed by atoms with E-state index in [4.69, 9.17) is 0 Å². The fraction of sp³-hybridized carbons (Fsp3) is 0.160. The second-order valence-electron chi connectivity index (χ2n) is 7.43. The van der Waals surface area contributed by atoms with E-state index in [0.29, 0.717) is 6.54 Å². The van der Waals surface area contributed by atoms with Crippen molar-refractivity contribution >= 4 is 28.2 Å². The summed E-state index contributed by atoms with van der Waals surface area (Å²) in [6.45, 7) is 2.79. The molecule has 1 aromatic heterocycles. The molecule has 1 N–H and O–H groups in total. The topological polar surface area (TPSA) is 45.5 Å². The molecule has 0 amide bonds.